The molecule has 0 spiro atoms. The third-order valence-corrected chi connectivity index (χ3v) is 3.07. The minimum atomic E-state index is -1.13. The first kappa shape index (κ1) is 13.1. The molecule has 6 nitrogen and oxygen atoms in total. The highest BCUT2D eigenvalue weighted by Gasteiger charge is 2.10. The van der Waals surface area contributed by atoms with E-state index in [1.165, 1.54) is 10.8 Å². The summed E-state index contributed by atoms with van der Waals surface area (Å²) in [5, 5.41) is 16.0. The molecule has 0 saturated heterocycles. The molecule has 2 heterocycles. The van der Waals surface area contributed by atoms with Gasteiger partial charge in [0.2, 0.25) is 0 Å². The molecule has 0 fully saturated rings. The zero-order valence-electron chi connectivity index (χ0n) is 11.3. The number of nitrogen functional groups attached to an aromatic ring is 1. The predicted octanol–water partition coefficient (Wildman–Crippen LogP) is 1.54. The number of hydrogen-bond acceptors (Lipinski definition) is 4. The van der Waals surface area contributed by atoms with Gasteiger partial charge in [0, 0.05) is 0 Å². The molecule has 21 heavy (non-hydrogen) atoms. The van der Waals surface area contributed by atoms with Gasteiger partial charge in [0.15, 0.2) is 6.10 Å². The van der Waals surface area contributed by atoms with Crippen molar-refractivity contribution in [1.29, 1.82) is 0 Å². The molecule has 2 aromatic heterocycles. The van der Waals surface area contributed by atoms with Crippen LogP contribution in [0.25, 0.3) is 5.78 Å². The molecule has 3 aromatic rings. The third kappa shape index (κ3) is 2.42. The van der Waals surface area contributed by atoms with E-state index in [4.69, 9.17) is 5.73 Å². The van der Waals surface area contributed by atoms with E-state index in [1.54, 1.807) is 19.1 Å². The van der Waals surface area contributed by atoms with Crippen molar-refractivity contribution in [3.8, 4) is 11.8 Å². The molecule has 0 amide bonds. The molecule has 103 valence electrons. The average molecular weight is 278 g/mol. The van der Waals surface area contributed by atoms with Crippen molar-refractivity contribution in [2.45, 2.75) is 13.0 Å². The number of aryl methyl sites for hydroxylation is 1. The Bertz CT molecular complexity index is 845. The van der Waals surface area contributed by atoms with Crippen molar-refractivity contribution >= 4 is 11.6 Å². The molecule has 0 aliphatic rings. The summed E-state index contributed by atoms with van der Waals surface area (Å²) in [5.74, 6) is 6.24. The molecule has 1 unspecified atom stereocenters. The van der Waals surface area contributed by atoms with Gasteiger partial charge in [-0.15, -0.1) is 0 Å². The van der Waals surface area contributed by atoms with Crippen LogP contribution >= 0.6 is 0 Å². The minimum Gasteiger partial charge on any atom is -0.382 e. The molecule has 0 saturated carbocycles. The second kappa shape index (κ2) is 5.23. The number of hydrogen-bond donors (Lipinski definition) is 1. The topological polar surface area (TPSA) is 89.0 Å². The number of nitrogens with zero attached hydrogens (tertiary/aromatic N) is 4. The van der Waals surface area contributed by atoms with E-state index in [9.17, 15) is 5.11 Å². The fraction of sp³-hybridized carbons (Fsp3) is 0.133. The summed E-state index contributed by atoms with van der Waals surface area (Å²) in [6.07, 6.45) is 0.242. The fourth-order valence-electron chi connectivity index (χ4n) is 1.98. The van der Waals surface area contributed by atoms with Crippen molar-refractivity contribution in [3.05, 3.63) is 53.5 Å². The molecular weight excluding hydrogens is 266 g/mol. The highest BCUT2D eigenvalue weighted by molar-refractivity contribution is 5.57. The van der Waals surface area contributed by atoms with Gasteiger partial charge in [-0.05, 0) is 12.5 Å². The lowest BCUT2D eigenvalue weighted by molar-refractivity contribution is 0.140. The van der Waals surface area contributed by atoms with E-state index in [0.717, 1.165) is 0 Å². The number of benzene rings is 1. The van der Waals surface area contributed by atoms with E-state index in [0.29, 0.717) is 28.4 Å². The van der Waals surface area contributed by atoms with Crippen LogP contribution in [0.5, 0.6) is 0 Å². The van der Waals surface area contributed by atoms with Gasteiger partial charge in [-0.2, -0.15) is 14.6 Å². The van der Waals surface area contributed by atoms with E-state index in [-0.39, 0.29) is 0 Å². The molecule has 0 bridgehead atoms. The summed E-state index contributed by atoms with van der Waals surface area (Å²) in [5.41, 5.74) is 7.76. The van der Waals surface area contributed by atoms with Gasteiger partial charge < -0.3 is 5.73 Å². The maximum absolute atomic E-state index is 12.1. The van der Waals surface area contributed by atoms with Crippen molar-refractivity contribution in [2.75, 3.05) is 5.73 Å². The molecule has 1 aromatic carbocycles. The van der Waals surface area contributed by atoms with Crippen LogP contribution in [0.4, 0.5) is 5.82 Å². The van der Waals surface area contributed by atoms with Crippen LogP contribution in [0.3, 0.4) is 0 Å². The maximum atomic E-state index is 12.1. The zero-order chi connectivity index (χ0) is 14.8. The standard InChI is InChI=1S/C15H12N5O/c1-10-12(14(16)20-15(19-10)17-9-18-20)7-8-13(21)11-5-3-2-4-6-11/h2-6,9,13H,16H2,1H3. The van der Waals surface area contributed by atoms with Crippen molar-refractivity contribution in [3.63, 3.8) is 0 Å². The second-order valence-corrected chi connectivity index (χ2v) is 4.49. The summed E-state index contributed by atoms with van der Waals surface area (Å²) < 4.78 is 1.40. The average Bonchev–Trinajstić information content (AvgIpc) is 2.96. The highest BCUT2D eigenvalue weighted by atomic mass is 16.3. The van der Waals surface area contributed by atoms with Crippen LogP contribution in [0.2, 0.25) is 0 Å². The van der Waals surface area contributed by atoms with Gasteiger partial charge in [0.25, 0.3) is 5.78 Å². The van der Waals surface area contributed by atoms with Crippen LogP contribution in [-0.2, 0) is 5.11 Å². The van der Waals surface area contributed by atoms with Crippen LogP contribution in [0.1, 0.15) is 22.9 Å². The third-order valence-electron chi connectivity index (χ3n) is 3.07. The first-order chi connectivity index (χ1) is 10.2. The van der Waals surface area contributed by atoms with Crippen molar-refractivity contribution in [1.82, 2.24) is 19.6 Å². The Kier molecular flexibility index (Phi) is 3.26. The van der Waals surface area contributed by atoms with E-state index in [1.807, 2.05) is 18.2 Å². The lowest BCUT2D eigenvalue weighted by Crippen LogP contribution is -2.06. The Morgan fingerprint density at radius 2 is 2.05 bits per heavy atom. The predicted molar refractivity (Wildman–Crippen MR) is 76.7 cm³/mol. The summed E-state index contributed by atoms with van der Waals surface area (Å²) in [4.78, 5) is 8.23. The van der Waals surface area contributed by atoms with Gasteiger partial charge >= 0.3 is 0 Å². The quantitative estimate of drug-likeness (QED) is 0.684. The Hall–Kier alpha value is -2.91. The first-order valence-corrected chi connectivity index (χ1v) is 6.35. The first-order valence-electron chi connectivity index (χ1n) is 6.35. The van der Waals surface area contributed by atoms with Gasteiger partial charge in [-0.3, -0.25) is 0 Å². The zero-order valence-corrected chi connectivity index (χ0v) is 11.3. The molecule has 1 radical (unpaired) electrons. The molecule has 0 aliphatic carbocycles. The number of rotatable bonds is 1. The van der Waals surface area contributed by atoms with Gasteiger partial charge in [-0.25, -0.2) is 10.1 Å². The summed E-state index contributed by atoms with van der Waals surface area (Å²) in [6, 6.07) is 8.98. The molecule has 3 rings (SSSR count). The van der Waals surface area contributed by atoms with Gasteiger partial charge in [0.1, 0.15) is 12.1 Å². The largest absolute Gasteiger partial charge is 0.382 e. The van der Waals surface area contributed by atoms with Crippen LogP contribution < -0.4 is 5.73 Å². The van der Waals surface area contributed by atoms with Gasteiger partial charge in [0.05, 0.1) is 11.3 Å². The maximum Gasteiger partial charge on any atom is 0.254 e. The number of fused-ring (bicyclic) bond motifs is 1. The van der Waals surface area contributed by atoms with E-state index in [2.05, 4.69) is 26.9 Å². The Morgan fingerprint density at radius 3 is 2.81 bits per heavy atom. The van der Waals surface area contributed by atoms with Crippen molar-refractivity contribution in [2.24, 2.45) is 0 Å². The fourth-order valence-corrected chi connectivity index (χ4v) is 1.98. The monoisotopic (exact) mass is 278 g/mol. The molecule has 1 atom stereocenters. The molecular formula is C15H12N5O. The number of aromatic nitrogens is 4. The van der Waals surface area contributed by atoms with Crippen LogP contribution in [-0.4, -0.2) is 19.6 Å². The number of nitrogens with two attached hydrogens (primary N) is 1. The Balaban J connectivity index is 2.01. The Morgan fingerprint density at radius 1 is 1.29 bits per heavy atom. The van der Waals surface area contributed by atoms with Gasteiger partial charge in [-0.1, -0.05) is 42.2 Å². The highest BCUT2D eigenvalue weighted by Crippen LogP contribution is 2.16. The van der Waals surface area contributed by atoms with Crippen LogP contribution in [0, 0.1) is 18.8 Å². The number of anilines is 1. The molecule has 0 aliphatic heterocycles. The molecule has 2 N–H and O–H groups in total. The van der Waals surface area contributed by atoms with E-state index >= 15 is 0 Å². The lowest BCUT2D eigenvalue weighted by atomic mass is 10.1. The normalized spacial score (nSPS) is 11.9. The smallest absolute Gasteiger partial charge is 0.254 e. The summed E-state index contributed by atoms with van der Waals surface area (Å²) >= 11 is 0. The van der Waals surface area contributed by atoms with E-state index < -0.39 is 6.10 Å². The summed E-state index contributed by atoms with van der Waals surface area (Å²) in [6.45, 7) is 1.78. The Labute approximate surface area is 121 Å². The summed E-state index contributed by atoms with van der Waals surface area (Å²) in [7, 11) is 0. The SMILES string of the molecule is Cc1nc2ncnn2c(N)c1C#CC([O])c1ccccc1. The molecule has 6 heteroatoms. The van der Waals surface area contributed by atoms with Crippen molar-refractivity contribution < 1.29 is 5.11 Å². The lowest BCUT2D eigenvalue weighted by Gasteiger charge is -2.04. The minimum absolute atomic E-state index is 0.336. The second-order valence-electron chi connectivity index (χ2n) is 4.49. The van der Waals surface area contributed by atoms with Crippen LogP contribution in [0.15, 0.2) is 36.7 Å².